The molecule has 1 saturated carbocycles. The van der Waals surface area contributed by atoms with Gasteiger partial charge in [0.15, 0.2) is 5.79 Å². The van der Waals surface area contributed by atoms with Gasteiger partial charge in [-0.1, -0.05) is 19.3 Å². The molecule has 3 rings (SSSR count). The first kappa shape index (κ1) is 16.0. The Kier molecular flexibility index (Phi) is 5.44. The molecule has 2 saturated heterocycles. The van der Waals surface area contributed by atoms with Crippen molar-refractivity contribution >= 4 is 11.6 Å². The molecule has 3 fully saturated rings. The lowest BCUT2D eigenvalue weighted by molar-refractivity contribution is -0.274. The number of fused-ring (bicyclic) bond motifs is 2. The summed E-state index contributed by atoms with van der Waals surface area (Å²) in [5, 5.41) is 0. The fourth-order valence-corrected chi connectivity index (χ4v) is 4.19. The van der Waals surface area contributed by atoms with E-state index in [9.17, 15) is 0 Å². The van der Waals surface area contributed by atoms with Crippen molar-refractivity contribution in [3.63, 3.8) is 0 Å². The van der Waals surface area contributed by atoms with Crippen molar-refractivity contribution in [1.82, 2.24) is 0 Å². The Morgan fingerprint density at radius 2 is 2.05 bits per heavy atom. The second-order valence-electron chi connectivity index (χ2n) is 6.55. The summed E-state index contributed by atoms with van der Waals surface area (Å²) in [7, 11) is 1.71. The average molecular weight is 319 g/mol. The molecule has 2 bridgehead atoms. The number of hydrogen-bond donors (Lipinski definition) is 0. The Hall–Kier alpha value is 0.130. The maximum Gasteiger partial charge on any atom is 0.196 e. The van der Waals surface area contributed by atoms with E-state index in [1.165, 1.54) is 32.1 Å². The highest BCUT2D eigenvalue weighted by molar-refractivity contribution is 6.17. The first-order chi connectivity index (χ1) is 10.3. The van der Waals surface area contributed by atoms with Crippen LogP contribution in [0.5, 0.6) is 0 Å². The second kappa shape index (κ2) is 7.14. The zero-order chi connectivity index (χ0) is 14.7. The molecule has 0 amide bonds. The summed E-state index contributed by atoms with van der Waals surface area (Å²) in [5.74, 6) is 0.586. The van der Waals surface area contributed by atoms with Gasteiger partial charge >= 0.3 is 0 Å². The van der Waals surface area contributed by atoms with Gasteiger partial charge in [0, 0.05) is 32.4 Å². The van der Waals surface area contributed by atoms with Crippen LogP contribution < -0.4 is 0 Å². The van der Waals surface area contributed by atoms with E-state index >= 15 is 0 Å². The zero-order valence-corrected chi connectivity index (χ0v) is 13.6. The Morgan fingerprint density at radius 1 is 1.24 bits per heavy atom. The average Bonchev–Trinajstić information content (AvgIpc) is 2.88. The van der Waals surface area contributed by atoms with Gasteiger partial charge in [0.2, 0.25) is 0 Å². The lowest BCUT2D eigenvalue weighted by Gasteiger charge is -2.41. The predicted octanol–water partition coefficient (Wildman–Crippen LogP) is 3.11. The van der Waals surface area contributed by atoms with E-state index < -0.39 is 5.79 Å². The van der Waals surface area contributed by atoms with Crippen molar-refractivity contribution in [1.29, 1.82) is 0 Å². The van der Waals surface area contributed by atoms with Crippen LogP contribution in [0.15, 0.2) is 0 Å². The lowest BCUT2D eigenvalue weighted by Crippen LogP contribution is -2.53. The molecule has 3 aliphatic rings. The van der Waals surface area contributed by atoms with Crippen LogP contribution in [-0.2, 0) is 18.9 Å². The molecule has 0 aromatic heterocycles. The lowest BCUT2D eigenvalue weighted by atomic mass is 9.90. The summed E-state index contributed by atoms with van der Waals surface area (Å²) in [6.07, 6.45) is 8.22. The van der Waals surface area contributed by atoms with Crippen molar-refractivity contribution in [3.8, 4) is 0 Å². The highest BCUT2D eigenvalue weighted by Crippen LogP contribution is 2.42. The number of methoxy groups -OCH3 is 1. The minimum atomic E-state index is -0.647. The summed E-state index contributed by atoms with van der Waals surface area (Å²) < 4.78 is 23.8. The Bertz CT molecular complexity index is 334. The molecule has 5 heteroatoms. The van der Waals surface area contributed by atoms with Crippen LogP contribution >= 0.6 is 11.6 Å². The third kappa shape index (κ3) is 3.40. The standard InChI is InChI=1S/C16H27ClO4/c1-18-15-9-13(19-10-12-5-3-2-4-6-12)14-11-20-16(15,21-14)7-8-17/h12-15H,2-11H2,1H3/t13-,14+,15+,16+/m0/s1. The molecule has 2 aliphatic heterocycles. The third-order valence-corrected chi connectivity index (χ3v) is 5.38. The van der Waals surface area contributed by atoms with E-state index in [2.05, 4.69) is 0 Å². The maximum absolute atomic E-state index is 6.19. The molecule has 0 aromatic carbocycles. The molecular weight excluding hydrogens is 292 g/mol. The third-order valence-electron chi connectivity index (χ3n) is 5.19. The zero-order valence-electron chi connectivity index (χ0n) is 12.9. The fourth-order valence-electron chi connectivity index (χ4n) is 3.93. The van der Waals surface area contributed by atoms with Crippen LogP contribution in [0.2, 0.25) is 0 Å². The van der Waals surface area contributed by atoms with Crippen LogP contribution in [0.3, 0.4) is 0 Å². The number of halogens is 1. The van der Waals surface area contributed by atoms with Gasteiger partial charge in [-0.2, -0.15) is 0 Å². The minimum absolute atomic E-state index is 0.0307. The van der Waals surface area contributed by atoms with Crippen LogP contribution in [0.4, 0.5) is 0 Å². The van der Waals surface area contributed by atoms with Gasteiger partial charge in [-0.3, -0.25) is 0 Å². The molecule has 21 heavy (non-hydrogen) atoms. The van der Waals surface area contributed by atoms with Crippen molar-refractivity contribution in [2.45, 2.75) is 69.0 Å². The molecular formula is C16H27ClO4. The quantitative estimate of drug-likeness (QED) is 0.705. The SMILES string of the molecule is CO[C@@H]1C[C@H](OCC2CCCCC2)[C@H]2CO[C@]1(CCCl)O2. The van der Waals surface area contributed by atoms with Gasteiger partial charge in [0.05, 0.1) is 12.7 Å². The minimum Gasteiger partial charge on any atom is -0.376 e. The van der Waals surface area contributed by atoms with E-state index in [4.69, 9.17) is 30.5 Å². The van der Waals surface area contributed by atoms with Crippen molar-refractivity contribution in [2.24, 2.45) is 5.92 Å². The van der Waals surface area contributed by atoms with Crippen molar-refractivity contribution in [3.05, 3.63) is 0 Å². The molecule has 0 aromatic rings. The van der Waals surface area contributed by atoms with Gasteiger partial charge in [-0.15, -0.1) is 11.6 Å². The summed E-state index contributed by atoms with van der Waals surface area (Å²) in [4.78, 5) is 0. The van der Waals surface area contributed by atoms with E-state index in [0.29, 0.717) is 18.9 Å². The van der Waals surface area contributed by atoms with Gasteiger partial charge in [0.1, 0.15) is 12.2 Å². The Labute approximate surface area is 132 Å². The summed E-state index contributed by atoms with van der Waals surface area (Å²) >= 11 is 5.90. The predicted molar refractivity (Wildman–Crippen MR) is 80.6 cm³/mol. The monoisotopic (exact) mass is 318 g/mol. The number of ether oxygens (including phenoxy) is 4. The van der Waals surface area contributed by atoms with Gasteiger partial charge in [-0.05, 0) is 18.8 Å². The summed E-state index contributed by atoms with van der Waals surface area (Å²) in [5.41, 5.74) is 0. The molecule has 4 nitrogen and oxygen atoms in total. The van der Waals surface area contributed by atoms with Gasteiger partial charge < -0.3 is 18.9 Å². The Balaban J connectivity index is 1.55. The number of alkyl halides is 1. The van der Waals surface area contributed by atoms with E-state index in [1.54, 1.807) is 7.11 Å². The van der Waals surface area contributed by atoms with Crippen LogP contribution in [0.1, 0.15) is 44.9 Å². The highest BCUT2D eigenvalue weighted by atomic mass is 35.5. The van der Waals surface area contributed by atoms with Gasteiger partial charge in [0.25, 0.3) is 0 Å². The molecule has 4 atom stereocenters. The van der Waals surface area contributed by atoms with Crippen molar-refractivity contribution in [2.75, 3.05) is 26.2 Å². The first-order valence-electron chi connectivity index (χ1n) is 8.29. The first-order valence-corrected chi connectivity index (χ1v) is 8.83. The molecule has 0 N–H and O–H groups in total. The topological polar surface area (TPSA) is 36.9 Å². The number of hydrogen-bond acceptors (Lipinski definition) is 4. The fraction of sp³-hybridized carbons (Fsp3) is 1.00. The van der Waals surface area contributed by atoms with E-state index in [0.717, 1.165) is 18.9 Å². The molecule has 2 heterocycles. The number of rotatable bonds is 6. The maximum atomic E-state index is 6.19. The van der Waals surface area contributed by atoms with Crippen LogP contribution in [0.25, 0.3) is 0 Å². The Morgan fingerprint density at radius 3 is 2.76 bits per heavy atom. The second-order valence-corrected chi connectivity index (χ2v) is 6.93. The molecule has 122 valence electrons. The van der Waals surface area contributed by atoms with Crippen molar-refractivity contribution < 1.29 is 18.9 Å². The van der Waals surface area contributed by atoms with E-state index in [-0.39, 0.29) is 18.3 Å². The largest absolute Gasteiger partial charge is 0.376 e. The van der Waals surface area contributed by atoms with Crippen LogP contribution in [-0.4, -0.2) is 50.3 Å². The normalized spacial score (nSPS) is 40.6. The molecule has 0 unspecified atom stereocenters. The summed E-state index contributed by atoms with van der Waals surface area (Å²) in [6, 6.07) is 0. The van der Waals surface area contributed by atoms with Gasteiger partial charge in [-0.25, -0.2) is 0 Å². The molecule has 0 spiro atoms. The van der Waals surface area contributed by atoms with Crippen LogP contribution in [0, 0.1) is 5.92 Å². The molecule has 1 aliphatic carbocycles. The van der Waals surface area contributed by atoms with E-state index in [1.807, 2.05) is 0 Å². The highest BCUT2D eigenvalue weighted by Gasteiger charge is 2.55. The smallest absolute Gasteiger partial charge is 0.196 e. The summed E-state index contributed by atoms with van der Waals surface area (Å²) in [6.45, 7) is 1.44. The molecule has 0 radical (unpaired) electrons.